The summed E-state index contributed by atoms with van der Waals surface area (Å²) < 4.78 is 5.17. The molecule has 0 atom stereocenters. The molecule has 0 amide bonds. The topological polar surface area (TPSA) is 52.3 Å². The van der Waals surface area contributed by atoms with Crippen molar-refractivity contribution in [1.82, 2.24) is 0 Å². The quantitative estimate of drug-likeness (QED) is 0.626. The van der Waals surface area contributed by atoms with Gasteiger partial charge in [-0.05, 0) is 28.1 Å². The monoisotopic (exact) mass is 263 g/mol. The van der Waals surface area contributed by atoms with Gasteiger partial charge in [-0.2, -0.15) is 0 Å². The first kappa shape index (κ1) is 10.3. The number of rotatable bonds is 1. The minimum Gasteiger partial charge on any atom is -0.465 e. The number of methoxy groups -OCH3 is 1. The summed E-state index contributed by atoms with van der Waals surface area (Å²) in [6.07, 6.45) is 0. The Kier molecular flexibility index (Phi) is 3.17. The smallest absolute Gasteiger partial charge is 0.340 e. The number of carbonyl (C=O) groups is 1. The Morgan fingerprint density at radius 3 is 2.77 bits per heavy atom. The maximum Gasteiger partial charge on any atom is 0.340 e. The van der Waals surface area contributed by atoms with E-state index in [0.717, 1.165) is 0 Å². The van der Waals surface area contributed by atoms with Crippen LogP contribution < -0.4 is 5.73 Å². The zero-order chi connectivity index (χ0) is 10.0. The zero-order valence-corrected chi connectivity index (χ0v) is 9.15. The molecule has 1 rings (SSSR count). The van der Waals surface area contributed by atoms with Crippen molar-refractivity contribution in [2.45, 2.75) is 0 Å². The maximum atomic E-state index is 11.1. The maximum absolute atomic E-state index is 11.1. The summed E-state index contributed by atoms with van der Waals surface area (Å²) >= 11 is 8.96. The van der Waals surface area contributed by atoms with Crippen LogP contribution in [0.4, 0.5) is 5.69 Å². The van der Waals surface area contributed by atoms with Crippen LogP contribution in [-0.2, 0) is 4.74 Å². The van der Waals surface area contributed by atoms with E-state index in [1.165, 1.54) is 13.2 Å². The van der Waals surface area contributed by atoms with Crippen molar-refractivity contribution in [3.8, 4) is 0 Å². The van der Waals surface area contributed by atoms with E-state index >= 15 is 0 Å². The van der Waals surface area contributed by atoms with Crippen molar-refractivity contribution in [3.05, 3.63) is 27.2 Å². The third-order valence-electron chi connectivity index (χ3n) is 1.50. The molecule has 0 spiro atoms. The minimum absolute atomic E-state index is 0.274. The summed E-state index contributed by atoms with van der Waals surface area (Å²) in [5.74, 6) is -0.494. The molecule has 0 aliphatic rings. The van der Waals surface area contributed by atoms with E-state index in [1.807, 2.05) is 0 Å². The summed E-state index contributed by atoms with van der Waals surface area (Å²) in [6.45, 7) is 0. The molecule has 0 radical (unpaired) electrons. The SMILES string of the molecule is COC(=O)c1cc(Cl)c(Br)cc1N. The Morgan fingerprint density at radius 1 is 1.62 bits per heavy atom. The molecular weight excluding hydrogens is 257 g/mol. The summed E-state index contributed by atoms with van der Waals surface area (Å²) in [4.78, 5) is 11.1. The molecular formula is C8H7BrClNO2. The van der Waals surface area contributed by atoms with Crippen LogP contribution in [0.1, 0.15) is 10.4 Å². The molecule has 0 heterocycles. The molecule has 0 saturated heterocycles. The van der Waals surface area contributed by atoms with E-state index in [9.17, 15) is 4.79 Å². The van der Waals surface area contributed by atoms with Crippen LogP contribution in [0.2, 0.25) is 5.02 Å². The number of nitrogens with two attached hydrogens (primary N) is 1. The van der Waals surface area contributed by atoms with Crippen LogP contribution in [0.3, 0.4) is 0 Å². The second-order valence-electron chi connectivity index (χ2n) is 2.35. The average molecular weight is 265 g/mol. The molecule has 0 saturated carbocycles. The van der Waals surface area contributed by atoms with Gasteiger partial charge in [-0.3, -0.25) is 0 Å². The predicted octanol–water partition coefficient (Wildman–Crippen LogP) is 2.47. The highest BCUT2D eigenvalue weighted by Gasteiger charge is 2.12. The fourth-order valence-corrected chi connectivity index (χ4v) is 1.37. The van der Waals surface area contributed by atoms with Crippen molar-refractivity contribution in [2.75, 3.05) is 12.8 Å². The van der Waals surface area contributed by atoms with Crippen LogP contribution in [0, 0.1) is 0 Å². The van der Waals surface area contributed by atoms with Gasteiger partial charge in [0, 0.05) is 10.2 Å². The highest BCUT2D eigenvalue weighted by atomic mass is 79.9. The van der Waals surface area contributed by atoms with Crippen LogP contribution in [0.25, 0.3) is 0 Å². The van der Waals surface area contributed by atoms with E-state index in [-0.39, 0.29) is 5.56 Å². The molecule has 70 valence electrons. The lowest BCUT2D eigenvalue weighted by molar-refractivity contribution is 0.0602. The Hall–Kier alpha value is -0.740. The lowest BCUT2D eigenvalue weighted by atomic mass is 10.2. The Balaban J connectivity index is 3.23. The first-order valence-electron chi connectivity index (χ1n) is 3.39. The second-order valence-corrected chi connectivity index (χ2v) is 3.61. The number of hydrogen-bond acceptors (Lipinski definition) is 3. The van der Waals surface area contributed by atoms with E-state index in [4.69, 9.17) is 17.3 Å². The summed E-state index contributed by atoms with van der Waals surface area (Å²) in [5, 5.41) is 0.426. The van der Waals surface area contributed by atoms with Gasteiger partial charge >= 0.3 is 5.97 Å². The third kappa shape index (κ3) is 2.14. The molecule has 3 nitrogen and oxygen atoms in total. The Bertz CT molecular complexity index is 354. The van der Waals surface area contributed by atoms with Crippen LogP contribution in [-0.4, -0.2) is 13.1 Å². The molecule has 5 heteroatoms. The summed E-state index contributed by atoms with van der Waals surface area (Å²) in [5.41, 5.74) is 6.19. The van der Waals surface area contributed by atoms with Crippen molar-refractivity contribution in [3.63, 3.8) is 0 Å². The van der Waals surface area contributed by atoms with Crippen LogP contribution >= 0.6 is 27.5 Å². The highest BCUT2D eigenvalue weighted by molar-refractivity contribution is 9.10. The van der Waals surface area contributed by atoms with E-state index in [2.05, 4.69) is 20.7 Å². The van der Waals surface area contributed by atoms with E-state index < -0.39 is 5.97 Å². The molecule has 0 fully saturated rings. The van der Waals surface area contributed by atoms with Gasteiger partial charge in [-0.25, -0.2) is 4.79 Å². The molecule has 13 heavy (non-hydrogen) atoms. The number of nitrogen functional groups attached to an aromatic ring is 1. The molecule has 0 aromatic heterocycles. The molecule has 1 aromatic carbocycles. The van der Waals surface area contributed by atoms with E-state index in [1.54, 1.807) is 6.07 Å². The van der Waals surface area contributed by atoms with Crippen molar-refractivity contribution in [2.24, 2.45) is 0 Å². The van der Waals surface area contributed by atoms with Crippen molar-refractivity contribution >= 4 is 39.2 Å². The number of anilines is 1. The normalized spacial score (nSPS) is 9.77. The predicted molar refractivity (Wildman–Crippen MR) is 54.9 cm³/mol. The van der Waals surface area contributed by atoms with Gasteiger partial charge < -0.3 is 10.5 Å². The molecule has 0 bridgehead atoms. The van der Waals surface area contributed by atoms with Crippen molar-refractivity contribution < 1.29 is 9.53 Å². The molecule has 2 N–H and O–H groups in total. The highest BCUT2D eigenvalue weighted by Crippen LogP contribution is 2.28. The lowest BCUT2D eigenvalue weighted by Crippen LogP contribution is -2.05. The third-order valence-corrected chi connectivity index (χ3v) is 2.69. The fraction of sp³-hybridized carbons (Fsp3) is 0.125. The number of esters is 1. The number of benzene rings is 1. The van der Waals surface area contributed by atoms with Gasteiger partial charge in [0.1, 0.15) is 0 Å². The summed E-state index contributed by atoms with van der Waals surface area (Å²) in [7, 11) is 1.29. The number of ether oxygens (including phenoxy) is 1. The first-order valence-corrected chi connectivity index (χ1v) is 4.56. The lowest BCUT2D eigenvalue weighted by Gasteiger charge is -2.05. The van der Waals surface area contributed by atoms with Crippen LogP contribution in [0.5, 0.6) is 0 Å². The number of halogens is 2. The van der Waals surface area contributed by atoms with Gasteiger partial charge in [0.05, 0.1) is 17.7 Å². The standard InChI is InChI=1S/C8H7BrClNO2/c1-13-8(12)4-2-6(10)5(9)3-7(4)11/h2-3H,11H2,1H3. The molecule has 0 aliphatic heterocycles. The minimum atomic E-state index is -0.494. The van der Waals surface area contributed by atoms with Crippen molar-refractivity contribution in [1.29, 1.82) is 0 Å². The molecule has 1 aromatic rings. The van der Waals surface area contributed by atoms with E-state index in [0.29, 0.717) is 15.2 Å². The molecule has 0 unspecified atom stereocenters. The second kappa shape index (κ2) is 3.98. The fourth-order valence-electron chi connectivity index (χ4n) is 0.849. The first-order chi connectivity index (χ1) is 6.06. The summed E-state index contributed by atoms with van der Waals surface area (Å²) in [6, 6.07) is 3.03. The van der Waals surface area contributed by atoms with Gasteiger partial charge in [-0.15, -0.1) is 0 Å². The largest absolute Gasteiger partial charge is 0.465 e. The number of carbonyl (C=O) groups excluding carboxylic acids is 1. The zero-order valence-electron chi connectivity index (χ0n) is 6.80. The average Bonchev–Trinajstić information content (AvgIpc) is 2.10. The van der Waals surface area contributed by atoms with Gasteiger partial charge in [0.15, 0.2) is 0 Å². The number of hydrogen-bond donors (Lipinski definition) is 1. The Morgan fingerprint density at radius 2 is 2.23 bits per heavy atom. The molecule has 0 aliphatic carbocycles. The van der Waals surface area contributed by atoms with Crippen LogP contribution in [0.15, 0.2) is 16.6 Å². The van der Waals surface area contributed by atoms with Gasteiger partial charge in [0.2, 0.25) is 0 Å². The van der Waals surface area contributed by atoms with Gasteiger partial charge in [0.25, 0.3) is 0 Å². The Labute approximate surface area is 88.9 Å². The van der Waals surface area contributed by atoms with Gasteiger partial charge in [-0.1, -0.05) is 11.6 Å².